The molecule has 4 aliphatic heterocycles. The maximum Gasteiger partial charge on any atom is 0.333 e. The molecule has 8 N–H and O–H groups in total. The van der Waals surface area contributed by atoms with Crippen LogP contribution in [0.4, 0.5) is 0 Å². The van der Waals surface area contributed by atoms with Crippen LogP contribution in [-0.4, -0.2) is 226 Å². The maximum absolute atomic E-state index is 13.1. The molecular weight excluding hydrogens is 1030 g/mol. The van der Waals surface area contributed by atoms with Crippen LogP contribution in [0.2, 0.25) is 0 Å². The lowest BCUT2D eigenvalue weighted by Gasteiger charge is -2.67. The number of rotatable bonds is 16. The largest absolute Gasteiger partial charge is 0.462 e. The Labute approximate surface area is 456 Å². The SMILES string of the molecule is C/C=C(\C)C(=O)O[C@@H](C)[C@]1(O)CC[C@@]2(O)[C@]1(C)[C@H](OC(C)=O)C[C@@H]1[C@@]3(C)CC[C@H](O[C@H]4C[C@H](OC)[C@H](O[C@H]5C[C@H](OC)[C@H](O[C@@H]6O[C@H](C)[C@@H](O[C@@H]7O[C@H](CO)[C@@H](O)[C@H](O)[C@H]7O)[C@@H](OC)[C@H]6O)[C@@H](C)O5)[C@@H](C)O4)CC3=CC[C@]12O. The summed E-state index contributed by atoms with van der Waals surface area (Å²) in [5.41, 5.74) is -6.41. The summed E-state index contributed by atoms with van der Waals surface area (Å²) in [6, 6.07) is 0. The summed E-state index contributed by atoms with van der Waals surface area (Å²) in [5.74, 6) is -1.79. The lowest BCUT2D eigenvalue weighted by molar-refractivity contribution is -0.373. The summed E-state index contributed by atoms with van der Waals surface area (Å²) >= 11 is 0. The number of hydrogen-bond acceptors (Lipinski definition) is 23. The fourth-order valence-corrected chi connectivity index (χ4v) is 14.7. The minimum atomic E-state index is -1.94. The zero-order valence-corrected chi connectivity index (χ0v) is 47.1. The second-order valence-electron chi connectivity index (χ2n) is 23.6. The molecule has 4 saturated heterocycles. The topological polar surface area (TPSA) is 316 Å². The number of aliphatic hydroxyl groups is 8. The van der Waals surface area contributed by atoms with E-state index in [9.17, 15) is 50.4 Å². The predicted molar refractivity (Wildman–Crippen MR) is 269 cm³/mol. The number of methoxy groups -OCH3 is 3. The lowest BCUT2D eigenvalue weighted by atomic mass is 9.42. The average Bonchev–Trinajstić information content (AvgIpc) is 3.40. The highest BCUT2D eigenvalue weighted by molar-refractivity contribution is 5.87. The molecule has 0 aromatic carbocycles. The molecule has 0 aromatic heterocycles. The number of fused-ring (bicyclic) bond motifs is 5. The van der Waals surface area contributed by atoms with Crippen molar-refractivity contribution in [2.75, 3.05) is 27.9 Å². The Bertz CT molecular complexity index is 2160. The molecule has 27 atom stereocenters. The predicted octanol–water partition coefficient (Wildman–Crippen LogP) is 1.11. The molecule has 4 heterocycles. The monoisotopic (exact) mass is 1120 g/mol. The highest BCUT2D eigenvalue weighted by Gasteiger charge is 2.81. The van der Waals surface area contributed by atoms with Crippen molar-refractivity contribution < 1.29 is 112 Å². The third-order valence-electron chi connectivity index (χ3n) is 19.6. The number of aliphatic hydroxyl groups excluding tert-OH is 5. The van der Waals surface area contributed by atoms with Crippen LogP contribution in [0.1, 0.15) is 120 Å². The molecule has 0 amide bonds. The number of carbonyl (C=O) groups excluding carboxylic acids is 2. The van der Waals surface area contributed by atoms with Crippen LogP contribution in [0.15, 0.2) is 23.3 Å². The molecule has 78 heavy (non-hydrogen) atoms. The van der Waals surface area contributed by atoms with E-state index in [2.05, 4.69) is 6.92 Å². The van der Waals surface area contributed by atoms with Gasteiger partial charge in [0.1, 0.15) is 83.9 Å². The van der Waals surface area contributed by atoms with E-state index in [1.165, 1.54) is 21.1 Å². The third-order valence-corrected chi connectivity index (χ3v) is 19.6. The van der Waals surface area contributed by atoms with Gasteiger partial charge in [0, 0.05) is 52.6 Å². The van der Waals surface area contributed by atoms with Gasteiger partial charge in [0.25, 0.3) is 0 Å². The Balaban J connectivity index is 0.882. The highest BCUT2D eigenvalue weighted by atomic mass is 16.8. The number of esters is 2. The van der Waals surface area contributed by atoms with Crippen LogP contribution in [0.5, 0.6) is 0 Å². The molecule has 0 radical (unpaired) electrons. The first kappa shape index (κ1) is 61.7. The Morgan fingerprint density at radius 3 is 1.91 bits per heavy atom. The van der Waals surface area contributed by atoms with E-state index in [1.807, 2.05) is 13.0 Å². The molecule has 4 aliphatic carbocycles. The van der Waals surface area contributed by atoms with Gasteiger partial charge in [-0.3, -0.25) is 4.79 Å². The molecule has 8 aliphatic rings. The molecule has 7 fully saturated rings. The number of hydrogen-bond donors (Lipinski definition) is 8. The van der Waals surface area contributed by atoms with Crippen LogP contribution >= 0.6 is 0 Å². The summed E-state index contributed by atoms with van der Waals surface area (Å²) in [4.78, 5) is 25.8. The van der Waals surface area contributed by atoms with E-state index < -0.39 is 175 Å². The van der Waals surface area contributed by atoms with E-state index in [4.69, 9.17) is 61.6 Å². The zero-order chi connectivity index (χ0) is 57.2. The first-order chi connectivity index (χ1) is 36.7. The Kier molecular flexibility index (Phi) is 18.8. The van der Waals surface area contributed by atoms with Gasteiger partial charge in [-0.15, -0.1) is 0 Å². The molecule has 8 rings (SSSR count). The fourth-order valence-electron chi connectivity index (χ4n) is 14.7. The summed E-state index contributed by atoms with van der Waals surface area (Å²) < 4.78 is 79.7. The van der Waals surface area contributed by atoms with Crippen LogP contribution in [-0.2, 0) is 71.2 Å². The summed E-state index contributed by atoms with van der Waals surface area (Å²) in [6.07, 6.45) is -14.7. The van der Waals surface area contributed by atoms with Crippen molar-refractivity contribution in [1.29, 1.82) is 0 Å². The van der Waals surface area contributed by atoms with Crippen molar-refractivity contribution in [1.82, 2.24) is 0 Å². The van der Waals surface area contributed by atoms with Crippen molar-refractivity contribution >= 4 is 11.9 Å². The van der Waals surface area contributed by atoms with Crippen LogP contribution in [0, 0.1) is 16.7 Å². The average molecular weight is 1120 g/mol. The molecule has 3 saturated carbocycles. The summed E-state index contributed by atoms with van der Waals surface area (Å²) in [6.45, 7) is 14.6. The Morgan fingerprint density at radius 2 is 1.32 bits per heavy atom. The van der Waals surface area contributed by atoms with E-state index in [1.54, 1.807) is 54.7 Å². The van der Waals surface area contributed by atoms with Crippen LogP contribution < -0.4 is 0 Å². The Morgan fingerprint density at radius 1 is 0.731 bits per heavy atom. The number of carbonyl (C=O) groups is 2. The molecule has 0 aromatic rings. The van der Waals surface area contributed by atoms with Crippen LogP contribution in [0.3, 0.4) is 0 Å². The highest BCUT2D eigenvalue weighted by Crippen LogP contribution is 2.71. The number of allylic oxidation sites excluding steroid dienone is 1. The smallest absolute Gasteiger partial charge is 0.333 e. The molecule has 23 nitrogen and oxygen atoms in total. The van der Waals surface area contributed by atoms with Gasteiger partial charge in [0.15, 0.2) is 25.2 Å². The third kappa shape index (κ3) is 10.6. The maximum atomic E-state index is 13.1. The zero-order valence-electron chi connectivity index (χ0n) is 47.1. The van der Waals surface area contributed by atoms with Gasteiger partial charge < -0.3 is 102 Å². The van der Waals surface area contributed by atoms with Crippen molar-refractivity contribution in [2.45, 2.75) is 266 Å². The number of ether oxygens (including phenoxy) is 13. The van der Waals surface area contributed by atoms with E-state index in [0.29, 0.717) is 31.3 Å². The molecule has 23 heteroatoms. The first-order valence-electron chi connectivity index (χ1n) is 27.7. The van der Waals surface area contributed by atoms with Gasteiger partial charge in [0.2, 0.25) is 0 Å². The van der Waals surface area contributed by atoms with Crippen molar-refractivity contribution in [2.24, 2.45) is 16.7 Å². The van der Waals surface area contributed by atoms with E-state index >= 15 is 0 Å². The first-order valence-corrected chi connectivity index (χ1v) is 27.7. The summed E-state index contributed by atoms with van der Waals surface area (Å²) in [5, 5.41) is 91.1. The molecule has 446 valence electrons. The van der Waals surface area contributed by atoms with Gasteiger partial charge in [-0.25, -0.2) is 4.79 Å². The normalized spacial score (nSPS) is 50.1. The van der Waals surface area contributed by atoms with Gasteiger partial charge >= 0.3 is 11.9 Å². The second kappa shape index (κ2) is 23.7. The van der Waals surface area contributed by atoms with Crippen molar-refractivity contribution in [3.63, 3.8) is 0 Å². The second-order valence-corrected chi connectivity index (χ2v) is 23.6. The van der Waals surface area contributed by atoms with E-state index in [0.717, 1.165) is 5.57 Å². The van der Waals surface area contributed by atoms with Crippen molar-refractivity contribution in [3.8, 4) is 0 Å². The van der Waals surface area contributed by atoms with Gasteiger partial charge in [-0.2, -0.15) is 0 Å². The van der Waals surface area contributed by atoms with Gasteiger partial charge in [-0.1, -0.05) is 31.6 Å². The molecule has 0 unspecified atom stereocenters. The van der Waals surface area contributed by atoms with Crippen molar-refractivity contribution in [3.05, 3.63) is 23.3 Å². The quantitative estimate of drug-likeness (QED) is 0.0610. The Hall–Kier alpha value is -2.34. The van der Waals surface area contributed by atoms with Gasteiger partial charge in [0.05, 0.1) is 48.6 Å². The molecule has 0 bridgehead atoms. The lowest BCUT2D eigenvalue weighted by Crippen LogP contribution is -2.78. The van der Waals surface area contributed by atoms with Gasteiger partial charge in [-0.05, 0) is 91.9 Å². The molecule has 0 spiro atoms. The van der Waals surface area contributed by atoms with Crippen LogP contribution in [0.25, 0.3) is 0 Å². The standard InChI is InChI=1S/C55H88O23/c1-13-25(2)48(62)72-29(6)53(63)18-19-55(65)52(53,9)37(73-30(7)57)23-36-51(8)16-15-32(20-31(51)14-17-54(36,55)64)74-38-21-33(66-10)44(26(3)69-38)76-39-22-34(67-11)45(27(4)70-39)77-50-43(61)47(68-12)46(28(5)71-50)78-49-42(60)41(59)40(58)35(24-56)75-49/h13-14,26-29,32-47,49-50,56,58-61,63-65H,15-24H2,1-12H3/b25-13+/t26-,27-,28-,29+,32+,33+,34+,35-,36-,37-,38+,39+,40-,41+,42-,43-,44-,45-,46-,47+,49+,50+,51+,52-,53-,54+,55-/m1/s1. The fraction of sp³-hybridized carbons (Fsp3) is 0.891. The molecular formula is C55H88O23. The minimum absolute atomic E-state index is 0.0109. The summed E-state index contributed by atoms with van der Waals surface area (Å²) in [7, 11) is 4.49. The minimum Gasteiger partial charge on any atom is -0.462 e. The van der Waals surface area contributed by atoms with E-state index in [-0.39, 0.29) is 38.2 Å².